The molecule has 0 saturated carbocycles. The van der Waals surface area contributed by atoms with Crippen LogP contribution in [0.15, 0.2) is 42.5 Å². The van der Waals surface area contributed by atoms with Gasteiger partial charge >= 0.3 is 0 Å². The van der Waals surface area contributed by atoms with E-state index in [1.807, 2.05) is 11.0 Å². The van der Waals surface area contributed by atoms with Gasteiger partial charge in [0.2, 0.25) is 5.91 Å². The number of rotatable bonds is 7. The Hall–Kier alpha value is -1.61. The number of carbonyl (C=O) groups excluding carboxylic acids is 1. The Kier molecular flexibility index (Phi) is 6.20. The molecule has 22 heavy (non-hydrogen) atoms. The number of nitrogens with zero attached hydrogens (tertiary/aromatic N) is 1. The molecule has 1 amide bonds. The molecule has 3 heteroatoms. The summed E-state index contributed by atoms with van der Waals surface area (Å²) >= 11 is 1.78. The molecule has 2 nitrogen and oxygen atoms in total. The second-order valence-electron chi connectivity index (χ2n) is 6.16. The maximum atomic E-state index is 12.5. The molecular formula is C19H25NOS. The largest absolute Gasteiger partial charge is 0.337 e. The molecule has 0 aliphatic heterocycles. The third-order valence-electron chi connectivity index (χ3n) is 3.59. The molecule has 0 spiro atoms. The van der Waals surface area contributed by atoms with Crippen molar-refractivity contribution in [2.24, 2.45) is 5.92 Å². The molecule has 1 aromatic carbocycles. The van der Waals surface area contributed by atoms with Crippen LogP contribution in [0.3, 0.4) is 0 Å². The van der Waals surface area contributed by atoms with E-state index >= 15 is 0 Å². The first kappa shape index (κ1) is 16.8. The lowest BCUT2D eigenvalue weighted by atomic mass is 10.1. The van der Waals surface area contributed by atoms with E-state index in [9.17, 15) is 4.79 Å². The van der Waals surface area contributed by atoms with Crippen molar-refractivity contribution in [2.45, 2.75) is 40.2 Å². The summed E-state index contributed by atoms with van der Waals surface area (Å²) in [6, 6.07) is 14.7. The highest BCUT2D eigenvalue weighted by Gasteiger charge is 2.16. The molecule has 0 saturated heterocycles. The fourth-order valence-corrected chi connectivity index (χ4v) is 3.34. The minimum atomic E-state index is 0.261. The van der Waals surface area contributed by atoms with E-state index in [0.717, 1.165) is 19.5 Å². The van der Waals surface area contributed by atoms with Crippen molar-refractivity contribution >= 4 is 17.2 Å². The average molecular weight is 315 g/mol. The number of benzene rings is 1. The molecular weight excluding hydrogens is 290 g/mol. The van der Waals surface area contributed by atoms with Gasteiger partial charge in [0, 0.05) is 22.7 Å². The predicted molar refractivity (Wildman–Crippen MR) is 94.1 cm³/mol. The van der Waals surface area contributed by atoms with Crippen molar-refractivity contribution < 1.29 is 4.79 Å². The van der Waals surface area contributed by atoms with Crippen LogP contribution < -0.4 is 0 Å². The fraction of sp³-hybridized carbons (Fsp3) is 0.421. The van der Waals surface area contributed by atoms with Crippen molar-refractivity contribution in [3.8, 4) is 0 Å². The lowest BCUT2D eigenvalue weighted by Gasteiger charge is -2.23. The van der Waals surface area contributed by atoms with Crippen molar-refractivity contribution in [3.05, 3.63) is 57.8 Å². The SMILES string of the molecule is Cc1ccc(CN(CCc2ccccc2)C(=O)CC(C)C)s1. The van der Waals surface area contributed by atoms with E-state index in [0.29, 0.717) is 12.3 Å². The summed E-state index contributed by atoms with van der Waals surface area (Å²) in [4.78, 5) is 17.1. The molecule has 118 valence electrons. The van der Waals surface area contributed by atoms with Gasteiger partial charge in [0.15, 0.2) is 0 Å². The van der Waals surface area contributed by atoms with Crippen LogP contribution in [0.2, 0.25) is 0 Å². The van der Waals surface area contributed by atoms with E-state index in [2.05, 4.69) is 57.2 Å². The predicted octanol–water partition coefficient (Wildman–Crippen LogP) is 4.67. The molecule has 0 N–H and O–H groups in total. The molecule has 0 unspecified atom stereocenters. The van der Waals surface area contributed by atoms with Gasteiger partial charge in [0.05, 0.1) is 6.54 Å². The number of aryl methyl sites for hydroxylation is 1. The first-order valence-electron chi connectivity index (χ1n) is 7.91. The van der Waals surface area contributed by atoms with Crippen LogP contribution in [-0.4, -0.2) is 17.4 Å². The van der Waals surface area contributed by atoms with Crippen molar-refractivity contribution in [3.63, 3.8) is 0 Å². The van der Waals surface area contributed by atoms with E-state index in [1.54, 1.807) is 11.3 Å². The summed E-state index contributed by atoms with van der Waals surface area (Å²) in [6.45, 7) is 7.83. The molecule has 0 atom stereocenters. The number of thiophene rings is 1. The minimum Gasteiger partial charge on any atom is -0.337 e. The van der Waals surface area contributed by atoms with E-state index < -0.39 is 0 Å². The van der Waals surface area contributed by atoms with Gasteiger partial charge in [0.1, 0.15) is 0 Å². The third kappa shape index (κ3) is 5.30. The first-order valence-corrected chi connectivity index (χ1v) is 8.73. The molecule has 2 rings (SSSR count). The van der Waals surface area contributed by atoms with Crippen LogP contribution in [0.25, 0.3) is 0 Å². The summed E-state index contributed by atoms with van der Waals surface area (Å²) in [5.74, 6) is 0.661. The van der Waals surface area contributed by atoms with E-state index in [-0.39, 0.29) is 5.91 Å². The van der Waals surface area contributed by atoms with Crippen LogP contribution in [0, 0.1) is 12.8 Å². The molecule has 0 radical (unpaired) electrons. The Balaban J connectivity index is 2.02. The Morgan fingerprint density at radius 1 is 1.14 bits per heavy atom. The van der Waals surface area contributed by atoms with Crippen LogP contribution in [0.1, 0.15) is 35.6 Å². The molecule has 0 bridgehead atoms. The van der Waals surface area contributed by atoms with Gasteiger partial charge in [-0.3, -0.25) is 4.79 Å². The molecule has 0 aliphatic rings. The zero-order valence-corrected chi connectivity index (χ0v) is 14.5. The maximum absolute atomic E-state index is 12.5. The smallest absolute Gasteiger partial charge is 0.223 e. The second kappa shape index (κ2) is 8.14. The molecule has 2 aromatic rings. The van der Waals surface area contributed by atoms with Gasteiger partial charge in [0.25, 0.3) is 0 Å². The maximum Gasteiger partial charge on any atom is 0.223 e. The van der Waals surface area contributed by atoms with Gasteiger partial charge in [-0.25, -0.2) is 0 Å². The number of amides is 1. The van der Waals surface area contributed by atoms with Crippen molar-refractivity contribution in [1.82, 2.24) is 4.90 Å². The summed E-state index contributed by atoms with van der Waals surface area (Å²) < 4.78 is 0. The van der Waals surface area contributed by atoms with E-state index in [1.165, 1.54) is 15.3 Å². The number of carbonyl (C=O) groups is 1. The highest BCUT2D eigenvalue weighted by Crippen LogP contribution is 2.18. The number of hydrogen-bond donors (Lipinski definition) is 0. The lowest BCUT2D eigenvalue weighted by molar-refractivity contribution is -0.132. The highest BCUT2D eigenvalue weighted by molar-refractivity contribution is 7.11. The molecule has 1 heterocycles. The Bertz CT molecular complexity index is 588. The summed E-state index contributed by atoms with van der Waals surface area (Å²) in [7, 11) is 0. The van der Waals surface area contributed by atoms with Crippen LogP contribution in [-0.2, 0) is 17.8 Å². The van der Waals surface area contributed by atoms with Crippen molar-refractivity contribution in [2.75, 3.05) is 6.54 Å². The first-order chi connectivity index (χ1) is 10.5. The molecule has 0 fully saturated rings. The van der Waals surface area contributed by atoms with Gasteiger partial charge in [-0.15, -0.1) is 11.3 Å². The normalized spacial score (nSPS) is 10.9. The Morgan fingerprint density at radius 2 is 1.86 bits per heavy atom. The molecule has 1 aromatic heterocycles. The van der Waals surface area contributed by atoms with E-state index in [4.69, 9.17) is 0 Å². The van der Waals surface area contributed by atoms with Gasteiger partial charge in [-0.05, 0) is 37.0 Å². The standard InChI is InChI=1S/C19H25NOS/c1-15(2)13-19(21)20(14-18-10-9-16(3)22-18)12-11-17-7-5-4-6-8-17/h4-10,15H,11-14H2,1-3H3. The highest BCUT2D eigenvalue weighted by atomic mass is 32.1. The zero-order valence-electron chi connectivity index (χ0n) is 13.7. The lowest BCUT2D eigenvalue weighted by Crippen LogP contribution is -2.32. The summed E-state index contributed by atoms with van der Waals surface area (Å²) in [6.07, 6.45) is 1.54. The second-order valence-corrected chi connectivity index (χ2v) is 7.53. The summed E-state index contributed by atoms with van der Waals surface area (Å²) in [5.41, 5.74) is 1.28. The Labute approximate surface area is 137 Å². The van der Waals surface area contributed by atoms with Crippen molar-refractivity contribution in [1.29, 1.82) is 0 Å². The van der Waals surface area contributed by atoms with Gasteiger partial charge < -0.3 is 4.90 Å². The Morgan fingerprint density at radius 3 is 2.45 bits per heavy atom. The quantitative estimate of drug-likeness (QED) is 0.727. The van der Waals surface area contributed by atoms with Gasteiger partial charge in [-0.1, -0.05) is 44.2 Å². The minimum absolute atomic E-state index is 0.261. The molecule has 0 aliphatic carbocycles. The van der Waals surface area contributed by atoms with Crippen LogP contribution in [0.5, 0.6) is 0 Å². The van der Waals surface area contributed by atoms with Gasteiger partial charge in [-0.2, -0.15) is 0 Å². The number of hydrogen-bond acceptors (Lipinski definition) is 2. The third-order valence-corrected chi connectivity index (χ3v) is 4.58. The summed E-state index contributed by atoms with van der Waals surface area (Å²) in [5, 5.41) is 0. The zero-order chi connectivity index (χ0) is 15.9. The monoisotopic (exact) mass is 315 g/mol. The average Bonchev–Trinajstić information content (AvgIpc) is 2.89. The van der Waals surface area contributed by atoms with Crippen LogP contribution >= 0.6 is 11.3 Å². The van der Waals surface area contributed by atoms with Crippen LogP contribution in [0.4, 0.5) is 0 Å². The topological polar surface area (TPSA) is 20.3 Å². The fourth-order valence-electron chi connectivity index (χ4n) is 2.44.